The molecule has 3 heterocycles. The molecule has 1 aromatic heterocycles. The average molecular weight is 435 g/mol. The molecule has 2 saturated heterocycles. The van der Waals surface area contributed by atoms with Gasteiger partial charge in [0.25, 0.3) is 0 Å². The molecule has 1 spiro atoms. The maximum absolute atomic E-state index is 8.96. The van der Waals surface area contributed by atoms with Gasteiger partial charge in [0.05, 0.1) is 37.9 Å². The Hall–Kier alpha value is -2.06. The fourth-order valence-electron chi connectivity index (χ4n) is 3.89. The van der Waals surface area contributed by atoms with E-state index in [1.165, 1.54) is 0 Å². The molecule has 31 heavy (non-hydrogen) atoms. The second-order valence-corrected chi connectivity index (χ2v) is 10.3. The number of aromatic nitrogens is 3. The minimum Gasteiger partial charge on any atom is -0.368 e. The highest BCUT2D eigenvalue weighted by Crippen LogP contribution is 2.37. The van der Waals surface area contributed by atoms with Crippen LogP contribution in [0.3, 0.4) is 0 Å². The van der Waals surface area contributed by atoms with E-state index < -0.39 is 0 Å². The van der Waals surface area contributed by atoms with Crippen LogP contribution in [0, 0.1) is 27.6 Å². The molecule has 2 aliphatic rings. The Morgan fingerprint density at radius 3 is 1.77 bits per heavy atom. The second kappa shape index (κ2) is 9.20. The van der Waals surface area contributed by atoms with Gasteiger partial charge in [-0.2, -0.15) is 20.2 Å². The summed E-state index contributed by atoms with van der Waals surface area (Å²) >= 11 is 0. The molecule has 0 saturated carbocycles. The second-order valence-electron chi connectivity index (χ2n) is 10.3. The van der Waals surface area contributed by atoms with E-state index in [9.17, 15) is 0 Å². The minimum atomic E-state index is -0.329. The molecule has 0 aromatic carbocycles. The molecule has 0 atom stereocenters. The molecule has 3 rings (SSSR count). The van der Waals surface area contributed by atoms with E-state index in [0.717, 1.165) is 0 Å². The Bertz CT molecular complexity index is 771. The van der Waals surface area contributed by atoms with E-state index in [1.807, 2.05) is 13.8 Å². The van der Waals surface area contributed by atoms with E-state index in [1.54, 1.807) is 0 Å². The lowest BCUT2D eigenvalue weighted by atomic mass is 9.84. The van der Waals surface area contributed by atoms with Gasteiger partial charge >= 0.3 is 0 Å². The standard InChI is InChI=1S/C21H34N6O4/c1-19(2,5-6-22)8-15-28-10-21(11-29-15)12-30-16(31-13-21)9-20(3,4)7-14-25-17(23)27-18(24)26-14/h15-16H,5,7-13H2,1-4H3,(H4,23,24,25,26,27). The first-order chi connectivity index (χ1) is 14.5. The molecular weight excluding hydrogens is 400 g/mol. The SMILES string of the molecule is CC(C)(CC#N)CC1OCC2(CO1)COC(CC(C)(C)Cc1nc(N)nc(N)n1)OC2. The number of ether oxygens (including phenoxy) is 4. The van der Waals surface area contributed by atoms with Gasteiger partial charge in [-0.05, 0) is 10.8 Å². The molecule has 0 unspecified atom stereocenters. The number of nitrogen functional groups attached to an aromatic ring is 2. The number of nitrogens with zero attached hydrogens (tertiary/aromatic N) is 4. The maximum atomic E-state index is 8.96. The lowest BCUT2D eigenvalue weighted by Crippen LogP contribution is -2.53. The fourth-order valence-corrected chi connectivity index (χ4v) is 3.89. The maximum Gasteiger partial charge on any atom is 0.225 e. The van der Waals surface area contributed by atoms with Gasteiger partial charge in [0, 0.05) is 25.7 Å². The Morgan fingerprint density at radius 2 is 1.32 bits per heavy atom. The first kappa shape index (κ1) is 23.6. The molecular formula is C21H34N6O4. The third kappa shape index (κ3) is 6.71. The van der Waals surface area contributed by atoms with E-state index >= 15 is 0 Å². The van der Waals surface area contributed by atoms with Crippen molar-refractivity contribution in [3.05, 3.63) is 5.82 Å². The van der Waals surface area contributed by atoms with Crippen LogP contribution >= 0.6 is 0 Å². The van der Waals surface area contributed by atoms with Crippen molar-refractivity contribution in [1.29, 1.82) is 5.26 Å². The Labute approximate surface area is 183 Å². The summed E-state index contributed by atoms with van der Waals surface area (Å²) in [5.74, 6) is 0.802. The topological polar surface area (TPSA) is 151 Å². The van der Waals surface area contributed by atoms with E-state index in [2.05, 4.69) is 34.9 Å². The van der Waals surface area contributed by atoms with Crippen molar-refractivity contribution in [2.75, 3.05) is 37.9 Å². The molecule has 1 aromatic rings. The zero-order valence-electron chi connectivity index (χ0n) is 18.9. The molecule has 0 bridgehead atoms. The monoisotopic (exact) mass is 434 g/mol. The molecule has 0 radical (unpaired) electrons. The molecule has 10 nitrogen and oxygen atoms in total. The number of rotatable bonds is 7. The van der Waals surface area contributed by atoms with Crippen molar-refractivity contribution in [1.82, 2.24) is 15.0 Å². The summed E-state index contributed by atoms with van der Waals surface area (Å²) in [6.07, 6.45) is 1.76. The number of hydrogen-bond donors (Lipinski definition) is 2. The quantitative estimate of drug-likeness (QED) is 0.652. The van der Waals surface area contributed by atoms with Crippen LogP contribution in [-0.2, 0) is 25.4 Å². The van der Waals surface area contributed by atoms with Gasteiger partial charge in [0.15, 0.2) is 12.6 Å². The van der Waals surface area contributed by atoms with E-state index in [-0.39, 0.29) is 40.7 Å². The van der Waals surface area contributed by atoms with Crippen LogP contribution in [0.1, 0.15) is 52.8 Å². The van der Waals surface area contributed by atoms with Gasteiger partial charge in [-0.15, -0.1) is 0 Å². The highest BCUT2D eigenvalue weighted by atomic mass is 16.7. The van der Waals surface area contributed by atoms with E-state index in [0.29, 0.717) is 57.9 Å². The van der Waals surface area contributed by atoms with Crippen molar-refractivity contribution < 1.29 is 18.9 Å². The lowest BCUT2D eigenvalue weighted by Gasteiger charge is -2.45. The Balaban J connectivity index is 1.47. The minimum absolute atomic E-state index is 0.122. The van der Waals surface area contributed by atoms with Gasteiger partial charge < -0.3 is 30.4 Å². The molecule has 0 amide bonds. The zero-order chi connectivity index (χ0) is 22.7. The summed E-state index contributed by atoms with van der Waals surface area (Å²) in [4.78, 5) is 12.1. The van der Waals surface area contributed by atoms with Gasteiger partial charge in [0.2, 0.25) is 11.9 Å². The van der Waals surface area contributed by atoms with Crippen LogP contribution in [0.2, 0.25) is 0 Å². The van der Waals surface area contributed by atoms with E-state index in [4.69, 9.17) is 35.7 Å². The summed E-state index contributed by atoms with van der Waals surface area (Å²) < 4.78 is 24.0. The van der Waals surface area contributed by atoms with Gasteiger partial charge in [-0.1, -0.05) is 27.7 Å². The molecule has 10 heteroatoms. The van der Waals surface area contributed by atoms with Crippen LogP contribution in [0.4, 0.5) is 11.9 Å². The Morgan fingerprint density at radius 1 is 0.871 bits per heavy atom. The predicted octanol–water partition coefficient (Wildman–Crippen LogP) is 2.06. The average Bonchev–Trinajstić information content (AvgIpc) is 2.64. The molecule has 0 aliphatic carbocycles. The lowest BCUT2D eigenvalue weighted by molar-refractivity contribution is -0.309. The summed E-state index contributed by atoms with van der Waals surface area (Å²) in [6, 6.07) is 2.22. The summed E-state index contributed by atoms with van der Waals surface area (Å²) in [6.45, 7) is 10.3. The van der Waals surface area contributed by atoms with Crippen molar-refractivity contribution in [3.63, 3.8) is 0 Å². The predicted molar refractivity (Wildman–Crippen MR) is 113 cm³/mol. The summed E-state index contributed by atoms with van der Waals surface area (Å²) in [7, 11) is 0. The van der Waals surface area contributed by atoms with Crippen LogP contribution in [-0.4, -0.2) is 54.0 Å². The molecule has 2 aliphatic heterocycles. The summed E-state index contributed by atoms with van der Waals surface area (Å²) in [5, 5.41) is 8.96. The Kier molecular flexibility index (Phi) is 7.01. The third-order valence-corrected chi connectivity index (χ3v) is 5.65. The van der Waals surface area contributed by atoms with Crippen LogP contribution in [0.25, 0.3) is 0 Å². The molecule has 2 fully saturated rings. The molecule has 172 valence electrons. The van der Waals surface area contributed by atoms with Crippen molar-refractivity contribution in [2.24, 2.45) is 16.2 Å². The number of anilines is 2. The van der Waals surface area contributed by atoms with Crippen LogP contribution in [0.15, 0.2) is 0 Å². The van der Waals surface area contributed by atoms with Crippen LogP contribution in [0.5, 0.6) is 0 Å². The van der Waals surface area contributed by atoms with Crippen molar-refractivity contribution >= 4 is 11.9 Å². The zero-order valence-corrected chi connectivity index (χ0v) is 18.9. The van der Waals surface area contributed by atoms with Crippen molar-refractivity contribution in [3.8, 4) is 6.07 Å². The van der Waals surface area contributed by atoms with Crippen LogP contribution < -0.4 is 11.5 Å². The van der Waals surface area contributed by atoms with Gasteiger partial charge in [-0.25, -0.2) is 0 Å². The number of hydrogen-bond acceptors (Lipinski definition) is 10. The molecule has 4 N–H and O–H groups in total. The highest BCUT2D eigenvalue weighted by Gasteiger charge is 2.43. The highest BCUT2D eigenvalue weighted by molar-refractivity contribution is 5.26. The van der Waals surface area contributed by atoms with Crippen molar-refractivity contribution in [2.45, 2.75) is 66.0 Å². The van der Waals surface area contributed by atoms with Gasteiger partial charge in [0.1, 0.15) is 5.82 Å². The smallest absolute Gasteiger partial charge is 0.225 e. The van der Waals surface area contributed by atoms with Gasteiger partial charge in [-0.3, -0.25) is 0 Å². The largest absolute Gasteiger partial charge is 0.368 e. The normalized spacial score (nSPS) is 27.2. The third-order valence-electron chi connectivity index (χ3n) is 5.65. The fraction of sp³-hybridized carbons (Fsp3) is 0.810. The first-order valence-electron chi connectivity index (χ1n) is 10.6. The number of nitrogens with two attached hydrogens (primary N) is 2. The number of nitriles is 1. The first-order valence-corrected chi connectivity index (χ1v) is 10.6. The summed E-state index contributed by atoms with van der Waals surface area (Å²) in [5.41, 5.74) is 10.7.